The lowest BCUT2D eigenvalue weighted by atomic mass is 10.1. The van der Waals surface area contributed by atoms with Crippen LogP contribution in [-0.4, -0.2) is 16.2 Å². The fraction of sp³-hybridized carbons (Fsp3) is 0.375. The first-order chi connectivity index (χ1) is 6.09. The van der Waals surface area contributed by atoms with Gasteiger partial charge in [0, 0.05) is 0 Å². The third kappa shape index (κ3) is 2.70. The van der Waals surface area contributed by atoms with Gasteiger partial charge in [-0.05, 0) is 17.5 Å². The Morgan fingerprint density at radius 2 is 2.31 bits per heavy atom. The summed E-state index contributed by atoms with van der Waals surface area (Å²) in [7, 11) is 0. The molecule has 1 aromatic rings. The van der Waals surface area contributed by atoms with Crippen molar-refractivity contribution in [3.63, 3.8) is 0 Å². The van der Waals surface area contributed by atoms with Crippen LogP contribution in [0.25, 0.3) is 0 Å². The Balaban J connectivity index is 2.85. The van der Waals surface area contributed by atoms with Crippen LogP contribution in [0.3, 0.4) is 0 Å². The van der Waals surface area contributed by atoms with Crippen molar-refractivity contribution in [2.45, 2.75) is 19.8 Å². The summed E-state index contributed by atoms with van der Waals surface area (Å²) in [6, 6.07) is 1.12. The Hall–Kier alpha value is -1.65. The third-order valence-corrected chi connectivity index (χ3v) is 1.59. The summed E-state index contributed by atoms with van der Waals surface area (Å²) < 4.78 is 0. The number of nitrogens with zero attached hydrogens (tertiary/aromatic N) is 2. The van der Waals surface area contributed by atoms with Gasteiger partial charge < -0.3 is 5.73 Å². The molecule has 0 unspecified atom stereocenters. The normalized spacial score (nSPS) is 10.1. The van der Waals surface area contributed by atoms with E-state index < -0.39 is 6.03 Å². The predicted octanol–water partition coefficient (Wildman–Crippen LogP) is 1.09. The summed E-state index contributed by atoms with van der Waals surface area (Å²) in [5.41, 5.74) is 5.95. The van der Waals surface area contributed by atoms with Crippen molar-refractivity contribution < 1.29 is 4.79 Å². The smallest absolute Gasteiger partial charge is 0.317 e. The SMILES string of the molecule is CC(C)c1cnnc(NC(N)=O)c1. The van der Waals surface area contributed by atoms with Gasteiger partial charge in [0.15, 0.2) is 5.82 Å². The molecule has 2 amide bonds. The Morgan fingerprint density at radius 1 is 1.62 bits per heavy atom. The van der Waals surface area contributed by atoms with Crippen LogP contribution < -0.4 is 11.1 Å². The van der Waals surface area contributed by atoms with E-state index in [1.807, 2.05) is 13.8 Å². The Bertz CT molecular complexity index is 311. The van der Waals surface area contributed by atoms with Crippen LogP contribution in [0.15, 0.2) is 12.3 Å². The average Bonchev–Trinajstić information content (AvgIpc) is 2.03. The number of aromatic nitrogens is 2. The molecule has 1 heterocycles. The van der Waals surface area contributed by atoms with Gasteiger partial charge in [0.25, 0.3) is 0 Å². The number of urea groups is 1. The molecule has 0 spiro atoms. The standard InChI is InChI=1S/C8H12N4O/c1-5(2)6-3-7(11-8(9)13)12-10-4-6/h3-5H,1-2H3,(H3,9,11,12,13). The van der Waals surface area contributed by atoms with Crippen molar-refractivity contribution in [1.29, 1.82) is 0 Å². The minimum Gasteiger partial charge on any atom is -0.351 e. The molecule has 5 heteroatoms. The lowest BCUT2D eigenvalue weighted by Crippen LogP contribution is -2.20. The van der Waals surface area contributed by atoms with Crippen LogP contribution in [0.2, 0.25) is 0 Å². The number of primary amides is 1. The van der Waals surface area contributed by atoms with E-state index in [1.54, 1.807) is 12.3 Å². The van der Waals surface area contributed by atoms with Gasteiger partial charge in [0.1, 0.15) is 0 Å². The molecule has 0 aliphatic carbocycles. The molecule has 0 aromatic carbocycles. The zero-order valence-electron chi connectivity index (χ0n) is 7.61. The highest BCUT2D eigenvalue weighted by atomic mass is 16.2. The zero-order valence-corrected chi connectivity index (χ0v) is 7.61. The van der Waals surface area contributed by atoms with E-state index in [2.05, 4.69) is 15.5 Å². The van der Waals surface area contributed by atoms with E-state index in [4.69, 9.17) is 5.73 Å². The van der Waals surface area contributed by atoms with Gasteiger partial charge >= 0.3 is 6.03 Å². The van der Waals surface area contributed by atoms with Crippen molar-refractivity contribution in [2.75, 3.05) is 5.32 Å². The van der Waals surface area contributed by atoms with Gasteiger partial charge in [-0.3, -0.25) is 5.32 Å². The lowest BCUT2D eigenvalue weighted by Gasteiger charge is -2.05. The quantitative estimate of drug-likeness (QED) is 0.714. The molecule has 0 bridgehead atoms. The van der Waals surface area contributed by atoms with E-state index >= 15 is 0 Å². The van der Waals surface area contributed by atoms with Crippen LogP contribution in [-0.2, 0) is 0 Å². The minimum atomic E-state index is -0.629. The van der Waals surface area contributed by atoms with Crippen molar-refractivity contribution >= 4 is 11.8 Å². The van der Waals surface area contributed by atoms with Crippen LogP contribution in [0.5, 0.6) is 0 Å². The molecule has 1 aromatic heterocycles. The molecule has 0 atom stereocenters. The fourth-order valence-corrected chi connectivity index (χ4v) is 0.885. The lowest BCUT2D eigenvalue weighted by molar-refractivity contribution is 0.259. The second-order valence-electron chi connectivity index (χ2n) is 3.02. The number of hydrogen-bond donors (Lipinski definition) is 2. The van der Waals surface area contributed by atoms with Gasteiger partial charge in [0.05, 0.1) is 6.20 Å². The van der Waals surface area contributed by atoms with E-state index in [1.165, 1.54) is 0 Å². The van der Waals surface area contributed by atoms with Crippen molar-refractivity contribution in [3.8, 4) is 0 Å². The molecule has 0 aliphatic rings. The molecule has 0 radical (unpaired) electrons. The number of anilines is 1. The number of carbonyl (C=O) groups is 1. The summed E-state index contributed by atoms with van der Waals surface area (Å²) in [5, 5.41) is 9.80. The number of rotatable bonds is 2. The third-order valence-electron chi connectivity index (χ3n) is 1.59. The summed E-state index contributed by atoms with van der Waals surface area (Å²) >= 11 is 0. The Morgan fingerprint density at radius 3 is 2.85 bits per heavy atom. The molecule has 3 N–H and O–H groups in total. The largest absolute Gasteiger partial charge is 0.351 e. The topological polar surface area (TPSA) is 80.9 Å². The maximum absolute atomic E-state index is 10.5. The highest BCUT2D eigenvalue weighted by Crippen LogP contribution is 2.14. The molecule has 5 nitrogen and oxygen atoms in total. The van der Waals surface area contributed by atoms with E-state index in [9.17, 15) is 4.79 Å². The molecular formula is C8H12N4O. The van der Waals surface area contributed by atoms with Crippen LogP contribution in [0.1, 0.15) is 25.3 Å². The predicted molar refractivity (Wildman–Crippen MR) is 49.3 cm³/mol. The van der Waals surface area contributed by atoms with Gasteiger partial charge in [-0.25, -0.2) is 4.79 Å². The Kier molecular flexibility index (Phi) is 2.79. The molecule has 0 aliphatic heterocycles. The highest BCUT2D eigenvalue weighted by molar-refractivity contribution is 5.86. The summed E-state index contributed by atoms with van der Waals surface area (Å²) in [5.74, 6) is 0.739. The summed E-state index contributed by atoms with van der Waals surface area (Å²) in [6.45, 7) is 4.07. The van der Waals surface area contributed by atoms with Crippen LogP contribution in [0.4, 0.5) is 10.6 Å². The number of nitrogens with two attached hydrogens (primary N) is 1. The molecular weight excluding hydrogens is 168 g/mol. The van der Waals surface area contributed by atoms with E-state index in [0.717, 1.165) is 5.56 Å². The first-order valence-corrected chi connectivity index (χ1v) is 3.98. The van der Waals surface area contributed by atoms with Crippen LogP contribution >= 0.6 is 0 Å². The molecule has 0 fully saturated rings. The number of carbonyl (C=O) groups excluding carboxylic acids is 1. The fourth-order valence-electron chi connectivity index (χ4n) is 0.885. The monoisotopic (exact) mass is 180 g/mol. The molecule has 70 valence electrons. The van der Waals surface area contributed by atoms with Gasteiger partial charge in [-0.15, -0.1) is 5.10 Å². The first-order valence-electron chi connectivity index (χ1n) is 3.98. The molecule has 0 saturated heterocycles. The molecule has 0 saturated carbocycles. The summed E-state index contributed by atoms with van der Waals surface area (Å²) in [6.07, 6.45) is 1.66. The second-order valence-corrected chi connectivity index (χ2v) is 3.02. The van der Waals surface area contributed by atoms with E-state index in [-0.39, 0.29) is 0 Å². The zero-order chi connectivity index (χ0) is 9.84. The number of amides is 2. The maximum atomic E-state index is 10.5. The molecule has 1 rings (SSSR count). The van der Waals surface area contributed by atoms with Gasteiger partial charge in [-0.1, -0.05) is 13.8 Å². The van der Waals surface area contributed by atoms with Gasteiger partial charge in [-0.2, -0.15) is 5.10 Å². The van der Waals surface area contributed by atoms with Crippen molar-refractivity contribution in [1.82, 2.24) is 10.2 Å². The molecule has 13 heavy (non-hydrogen) atoms. The number of hydrogen-bond acceptors (Lipinski definition) is 3. The highest BCUT2D eigenvalue weighted by Gasteiger charge is 2.03. The minimum absolute atomic E-state index is 0.351. The number of nitrogens with one attached hydrogen (secondary N) is 1. The second kappa shape index (κ2) is 3.84. The summed E-state index contributed by atoms with van der Waals surface area (Å²) in [4.78, 5) is 10.5. The van der Waals surface area contributed by atoms with Crippen molar-refractivity contribution in [2.24, 2.45) is 5.73 Å². The Labute approximate surface area is 76.4 Å². The van der Waals surface area contributed by atoms with Gasteiger partial charge in [0.2, 0.25) is 0 Å². The van der Waals surface area contributed by atoms with E-state index in [0.29, 0.717) is 11.7 Å². The first kappa shape index (κ1) is 9.44. The average molecular weight is 180 g/mol. The maximum Gasteiger partial charge on any atom is 0.317 e. The van der Waals surface area contributed by atoms with Crippen molar-refractivity contribution in [3.05, 3.63) is 17.8 Å². The van der Waals surface area contributed by atoms with Crippen LogP contribution in [0, 0.1) is 0 Å².